The van der Waals surface area contributed by atoms with Crippen LogP contribution < -0.4 is 5.73 Å². The van der Waals surface area contributed by atoms with Gasteiger partial charge in [0.1, 0.15) is 6.61 Å². The maximum atomic E-state index is 12.7. The molecule has 0 heterocycles. The van der Waals surface area contributed by atoms with E-state index in [1.807, 2.05) is 0 Å². The quantitative estimate of drug-likeness (QED) is 0.0264. The highest BCUT2D eigenvalue weighted by atomic mass is 31.2. The van der Waals surface area contributed by atoms with Crippen LogP contribution in [0.5, 0.6) is 0 Å². The summed E-state index contributed by atoms with van der Waals surface area (Å²) in [6.45, 7) is 3.57. The van der Waals surface area contributed by atoms with E-state index < -0.39 is 32.5 Å². The summed E-state index contributed by atoms with van der Waals surface area (Å²) in [5.41, 5.74) is 5.39. The summed E-state index contributed by atoms with van der Waals surface area (Å²) in [6, 6.07) is 0. The molecule has 0 bridgehead atoms. The number of unbranched alkanes of at least 4 members (excludes halogenated alkanes) is 24. The smallest absolute Gasteiger partial charge is 0.462 e. The molecule has 0 aromatic carbocycles. The topological polar surface area (TPSA) is 134 Å². The maximum absolute atomic E-state index is 12.7. The van der Waals surface area contributed by atoms with Gasteiger partial charge in [0, 0.05) is 19.4 Å². The summed E-state index contributed by atoms with van der Waals surface area (Å²) in [4.78, 5) is 35.3. The van der Waals surface area contributed by atoms with Gasteiger partial charge >= 0.3 is 19.8 Å². The van der Waals surface area contributed by atoms with E-state index in [0.29, 0.717) is 6.42 Å². The minimum absolute atomic E-state index is 0.0391. The molecular weight excluding hydrogens is 1050 g/mol. The van der Waals surface area contributed by atoms with Gasteiger partial charge in [-0.2, -0.15) is 0 Å². The van der Waals surface area contributed by atoms with Crippen molar-refractivity contribution in [1.29, 1.82) is 0 Å². The van der Waals surface area contributed by atoms with E-state index in [1.165, 1.54) is 135 Å². The van der Waals surface area contributed by atoms with Crippen LogP contribution in [-0.4, -0.2) is 49.3 Å². The molecule has 0 saturated carbocycles. The van der Waals surface area contributed by atoms with Gasteiger partial charge in [0.05, 0.1) is 13.2 Å². The van der Waals surface area contributed by atoms with Crippen LogP contribution >= 0.6 is 7.82 Å². The molecule has 0 amide bonds. The minimum Gasteiger partial charge on any atom is -0.462 e. The second-order valence-corrected chi connectivity index (χ2v) is 23.1. The Labute approximate surface area is 509 Å². The van der Waals surface area contributed by atoms with Crippen molar-refractivity contribution in [2.75, 3.05) is 26.4 Å². The van der Waals surface area contributed by atoms with Gasteiger partial charge in [0.2, 0.25) is 0 Å². The number of rotatable bonds is 61. The van der Waals surface area contributed by atoms with Crippen LogP contribution in [0.2, 0.25) is 0 Å². The Bertz CT molecular complexity index is 1870. The molecule has 0 aliphatic carbocycles. The SMILES string of the molecule is CC/C=C\C/C=C\C/C=C\C/C=C\C/C=C\C/C=C\C/C=C\C/C=C\C/C=C\C/C=C\CCCCC(=O)OC(COC(=O)CCCCCCCCCCCCCCCCCCC/C=C\C/C=C\CCCCCCC)COP(=O)(O)OCCN. The molecule has 0 radical (unpaired) electrons. The highest BCUT2D eigenvalue weighted by Gasteiger charge is 2.26. The van der Waals surface area contributed by atoms with Crippen molar-refractivity contribution in [3.63, 3.8) is 0 Å². The summed E-state index contributed by atoms with van der Waals surface area (Å²) in [6.07, 6.45) is 96.4. The highest BCUT2D eigenvalue weighted by molar-refractivity contribution is 7.47. The molecule has 83 heavy (non-hydrogen) atoms. The number of esters is 2. The number of allylic oxidation sites excluding steroid dienone is 24. The first-order chi connectivity index (χ1) is 40.8. The Balaban J connectivity index is 4.04. The first-order valence-corrected chi connectivity index (χ1v) is 34.8. The molecule has 2 unspecified atom stereocenters. The molecule has 0 saturated heterocycles. The van der Waals surface area contributed by atoms with Gasteiger partial charge < -0.3 is 20.1 Å². The van der Waals surface area contributed by atoms with E-state index in [-0.39, 0.29) is 32.6 Å². The Morgan fingerprint density at radius 2 is 0.663 bits per heavy atom. The van der Waals surface area contributed by atoms with E-state index in [4.69, 9.17) is 24.3 Å². The van der Waals surface area contributed by atoms with E-state index in [9.17, 15) is 19.0 Å². The predicted molar refractivity (Wildman–Crippen MR) is 357 cm³/mol. The maximum Gasteiger partial charge on any atom is 0.472 e. The number of carbonyl (C=O) groups is 2. The number of phosphoric acid groups is 1. The molecule has 0 aliphatic heterocycles. The van der Waals surface area contributed by atoms with Crippen molar-refractivity contribution < 1.29 is 37.6 Å². The second kappa shape index (κ2) is 67.0. The lowest BCUT2D eigenvalue weighted by Gasteiger charge is -2.19. The fourth-order valence-electron chi connectivity index (χ4n) is 8.81. The van der Waals surface area contributed by atoms with E-state index in [0.717, 1.165) is 103 Å². The van der Waals surface area contributed by atoms with Crippen LogP contribution in [0.15, 0.2) is 146 Å². The first kappa shape index (κ1) is 78.9. The van der Waals surface area contributed by atoms with Gasteiger partial charge in [-0.25, -0.2) is 4.57 Å². The van der Waals surface area contributed by atoms with E-state index >= 15 is 0 Å². The monoisotopic (exact) mass is 1170 g/mol. The summed E-state index contributed by atoms with van der Waals surface area (Å²) in [7, 11) is -4.41. The predicted octanol–water partition coefficient (Wildman–Crippen LogP) is 21.9. The Morgan fingerprint density at radius 3 is 1.01 bits per heavy atom. The zero-order chi connectivity index (χ0) is 60.1. The van der Waals surface area contributed by atoms with Crippen molar-refractivity contribution in [3.8, 4) is 0 Å². The molecule has 9 nitrogen and oxygen atoms in total. The number of nitrogens with two attached hydrogens (primary N) is 1. The van der Waals surface area contributed by atoms with Crippen molar-refractivity contribution in [2.24, 2.45) is 5.73 Å². The van der Waals surface area contributed by atoms with E-state index in [1.54, 1.807) is 0 Å². The first-order valence-electron chi connectivity index (χ1n) is 33.3. The third-order valence-corrected chi connectivity index (χ3v) is 14.7. The highest BCUT2D eigenvalue weighted by Crippen LogP contribution is 2.43. The molecule has 0 aromatic rings. The Kier molecular flexibility index (Phi) is 63.7. The summed E-state index contributed by atoms with van der Waals surface area (Å²) >= 11 is 0. The number of hydrogen-bond acceptors (Lipinski definition) is 8. The molecule has 0 spiro atoms. The van der Waals surface area contributed by atoms with Crippen LogP contribution in [0.4, 0.5) is 0 Å². The standard InChI is InChI=1S/C73H122NO8P/c1-3-5-7-9-11-13-15-17-19-21-23-25-27-29-31-33-34-35-36-38-40-42-44-46-48-50-52-54-56-58-60-62-64-66-73(76)82-71(70-81-83(77,78)80-68-67-74)69-79-72(75)65-63-61-59-57-55-53-51-49-47-45-43-41-39-37-32-30-28-26-24-22-20-18-16-14-12-10-8-6-4-2/h5,7,11,13,16-19,22-25,29,31,34-35,38,40,44,46,50,52,56,58,71H,3-4,6,8-10,12,14-15,20-21,26-28,30,32-33,36-37,39,41-43,45,47-49,51,53-55,57,59-70,74H2,1-2H3,(H,77,78)/b7-5-,13-11-,18-16-,19-17-,24-22-,25-23-,31-29-,35-34-,40-38-,46-44-,52-50-,58-56-. The fourth-order valence-corrected chi connectivity index (χ4v) is 9.58. The van der Waals surface area contributed by atoms with Crippen LogP contribution in [0.25, 0.3) is 0 Å². The normalized spacial score (nSPS) is 13.9. The molecule has 10 heteroatoms. The molecule has 3 N–H and O–H groups in total. The van der Waals surface area contributed by atoms with Crippen LogP contribution in [-0.2, 0) is 32.7 Å². The number of hydrogen-bond donors (Lipinski definition) is 2. The van der Waals surface area contributed by atoms with Crippen LogP contribution in [0, 0.1) is 0 Å². The minimum atomic E-state index is -4.41. The number of carbonyl (C=O) groups excluding carboxylic acids is 2. The number of ether oxygens (including phenoxy) is 2. The lowest BCUT2D eigenvalue weighted by atomic mass is 10.0. The van der Waals surface area contributed by atoms with Gasteiger partial charge in [0.15, 0.2) is 6.10 Å². The number of phosphoric ester groups is 1. The van der Waals surface area contributed by atoms with Gasteiger partial charge in [0.25, 0.3) is 0 Å². The Hall–Kier alpha value is -4.11. The molecule has 472 valence electrons. The second-order valence-electron chi connectivity index (χ2n) is 21.6. The summed E-state index contributed by atoms with van der Waals surface area (Å²) < 4.78 is 33.1. The van der Waals surface area contributed by atoms with E-state index in [2.05, 4.69) is 160 Å². The third-order valence-electron chi connectivity index (χ3n) is 13.7. The molecule has 0 aromatic heterocycles. The lowest BCUT2D eigenvalue weighted by Crippen LogP contribution is -2.29. The average Bonchev–Trinajstić information content (AvgIpc) is 3.49. The molecule has 2 atom stereocenters. The van der Waals surface area contributed by atoms with Gasteiger partial charge in [-0.3, -0.25) is 18.6 Å². The summed E-state index contributed by atoms with van der Waals surface area (Å²) in [5.74, 6) is -0.883. The van der Waals surface area contributed by atoms with Crippen molar-refractivity contribution in [3.05, 3.63) is 146 Å². The van der Waals surface area contributed by atoms with Crippen LogP contribution in [0.3, 0.4) is 0 Å². The summed E-state index contributed by atoms with van der Waals surface area (Å²) in [5, 5.41) is 0. The van der Waals surface area contributed by atoms with Gasteiger partial charge in [-0.15, -0.1) is 0 Å². The fraction of sp³-hybridized carbons (Fsp3) is 0.644. The molecule has 0 rings (SSSR count). The van der Waals surface area contributed by atoms with Crippen molar-refractivity contribution >= 4 is 19.8 Å². The average molecular weight is 1170 g/mol. The molecule has 0 fully saturated rings. The van der Waals surface area contributed by atoms with Gasteiger partial charge in [-0.05, 0) is 122 Å². The van der Waals surface area contributed by atoms with Crippen molar-refractivity contribution in [2.45, 2.75) is 277 Å². The van der Waals surface area contributed by atoms with Crippen molar-refractivity contribution in [1.82, 2.24) is 0 Å². The van der Waals surface area contributed by atoms with Crippen LogP contribution in [0.1, 0.15) is 271 Å². The molecular formula is C73H122NO8P. The lowest BCUT2D eigenvalue weighted by molar-refractivity contribution is -0.161. The zero-order valence-electron chi connectivity index (χ0n) is 52.9. The zero-order valence-corrected chi connectivity index (χ0v) is 53.8. The molecule has 0 aliphatic rings. The Morgan fingerprint density at radius 1 is 0.373 bits per heavy atom. The largest absolute Gasteiger partial charge is 0.472 e. The van der Waals surface area contributed by atoms with Gasteiger partial charge in [-0.1, -0.05) is 282 Å². The third kappa shape index (κ3) is 66.9.